The molecule has 0 N–H and O–H groups in total. The van der Waals surface area contributed by atoms with Crippen LogP contribution in [0.25, 0.3) is 0 Å². The Morgan fingerprint density at radius 3 is 2.77 bits per heavy atom. The Morgan fingerprint density at radius 1 is 1.31 bits per heavy atom. The van der Waals surface area contributed by atoms with Crippen molar-refractivity contribution in [2.75, 3.05) is 20.4 Å². The van der Waals surface area contributed by atoms with Crippen LogP contribution in [0.4, 0.5) is 4.39 Å². The zero-order valence-corrected chi connectivity index (χ0v) is 7.63. The number of hydrogen-bond acceptors (Lipinski definition) is 2. The predicted molar refractivity (Wildman–Crippen MR) is 48.6 cm³/mol. The van der Waals surface area contributed by atoms with Crippen LogP contribution in [-0.4, -0.2) is 20.4 Å². The van der Waals surface area contributed by atoms with Crippen LogP contribution in [0.3, 0.4) is 0 Å². The molecule has 0 aliphatic heterocycles. The largest absolute Gasteiger partial charge is 0.496 e. The SMILES string of the molecule is COc1ccccc1COCCF. The van der Waals surface area contributed by atoms with Crippen LogP contribution in [0, 0.1) is 0 Å². The van der Waals surface area contributed by atoms with E-state index in [1.807, 2.05) is 24.3 Å². The Kier molecular flexibility index (Phi) is 4.26. The minimum Gasteiger partial charge on any atom is -0.496 e. The lowest BCUT2D eigenvalue weighted by Gasteiger charge is -2.07. The molecule has 0 saturated carbocycles. The topological polar surface area (TPSA) is 18.5 Å². The highest BCUT2D eigenvalue weighted by molar-refractivity contribution is 5.32. The third kappa shape index (κ3) is 3.03. The number of methoxy groups -OCH3 is 1. The first-order valence-electron chi connectivity index (χ1n) is 4.14. The summed E-state index contributed by atoms with van der Waals surface area (Å²) in [5.41, 5.74) is 0.943. The van der Waals surface area contributed by atoms with Gasteiger partial charge in [-0.1, -0.05) is 18.2 Å². The normalized spacial score (nSPS) is 10.0. The van der Waals surface area contributed by atoms with E-state index in [2.05, 4.69) is 0 Å². The van der Waals surface area contributed by atoms with Gasteiger partial charge in [0.05, 0.1) is 20.3 Å². The smallest absolute Gasteiger partial charge is 0.124 e. The predicted octanol–water partition coefficient (Wildman–Crippen LogP) is 2.18. The molecule has 1 rings (SSSR count). The van der Waals surface area contributed by atoms with E-state index >= 15 is 0 Å². The van der Waals surface area contributed by atoms with Crippen LogP contribution in [-0.2, 0) is 11.3 Å². The highest BCUT2D eigenvalue weighted by Gasteiger charge is 2.00. The van der Waals surface area contributed by atoms with E-state index in [0.717, 1.165) is 11.3 Å². The van der Waals surface area contributed by atoms with Crippen LogP contribution in [0.15, 0.2) is 24.3 Å². The van der Waals surface area contributed by atoms with E-state index in [-0.39, 0.29) is 6.61 Å². The monoisotopic (exact) mass is 184 g/mol. The lowest BCUT2D eigenvalue weighted by Crippen LogP contribution is -1.98. The van der Waals surface area contributed by atoms with Crippen LogP contribution in [0.1, 0.15) is 5.56 Å². The second-order valence-corrected chi connectivity index (χ2v) is 2.55. The molecule has 0 aliphatic carbocycles. The summed E-state index contributed by atoms with van der Waals surface area (Å²) in [6.07, 6.45) is 0. The zero-order chi connectivity index (χ0) is 9.52. The van der Waals surface area contributed by atoms with E-state index in [4.69, 9.17) is 9.47 Å². The van der Waals surface area contributed by atoms with Crippen molar-refractivity contribution in [2.24, 2.45) is 0 Å². The van der Waals surface area contributed by atoms with Gasteiger partial charge in [-0.3, -0.25) is 0 Å². The Balaban J connectivity index is 2.54. The lowest BCUT2D eigenvalue weighted by atomic mass is 10.2. The summed E-state index contributed by atoms with van der Waals surface area (Å²) in [4.78, 5) is 0. The van der Waals surface area contributed by atoms with Gasteiger partial charge in [-0.15, -0.1) is 0 Å². The molecule has 3 heteroatoms. The number of benzene rings is 1. The summed E-state index contributed by atoms with van der Waals surface area (Å²) in [5.74, 6) is 0.779. The maximum atomic E-state index is 11.7. The summed E-state index contributed by atoms with van der Waals surface area (Å²) in [6.45, 7) is 0.0845. The number of rotatable bonds is 5. The van der Waals surface area contributed by atoms with Crippen molar-refractivity contribution in [3.63, 3.8) is 0 Å². The number of halogens is 1. The number of hydrogen-bond donors (Lipinski definition) is 0. The third-order valence-corrected chi connectivity index (χ3v) is 1.67. The van der Waals surface area contributed by atoms with Gasteiger partial charge in [-0.25, -0.2) is 4.39 Å². The zero-order valence-electron chi connectivity index (χ0n) is 7.63. The first kappa shape index (κ1) is 9.99. The first-order chi connectivity index (χ1) is 6.38. The molecule has 0 unspecified atom stereocenters. The molecule has 0 heterocycles. The van der Waals surface area contributed by atoms with Gasteiger partial charge in [0.25, 0.3) is 0 Å². The van der Waals surface area contributed by atoms with Gasteiger partial charge in [-0.2, -0.15) is 0 Å². The van der Waals surface area contributed by atoms with Crippen molar-refractivity contribution >= 4 is 0 Å². The highest BCUT2D eigenvalue weighted by Crippen LogP contribution is 2.17. The molecule has 0 saturated heterocycles. The van der Waals surface area contributed by atoms with Crippen molar-refractivity contribution in [2.45, 2.75) is 6.61 Å². The molecule has 0 spiro atoms. The molecule has 1 aromatic rings. The van der Waals surface area contributed by atoms with Crippen molar-refractivity contribution in [1.82, 2.24) is 0 Å². The molecule has 0 bridgehead atoms. The fourth-order valence-corrected chi connectivity index (χ4v) is 1.06. The van der Waals surface area contributed by atoms with Gasteiger partial charge in [0.1, 0.15) is 12.4 Å². The van der Waals surface area contributed by atoms with Crippen LogP contribution >= 0.6 is 0 Å². The number of para-hydroxylation sites is 1. The van der Waals surface area contributed by atoms with Crippen LogP contribution in [0.5, 0.6) is 5.75 Å². The Morgan fingerprint density at radius 2 is 2.08 bits per heavy atom. The summed E-state index contributed by atoms with van der Waals surface area (Å²) >= 11 is 0. The Bertz CT molecular complexity index is 250. The second kappa shape index (κ2) is 5.54. The maximum Gasteiger partial charge on any atom is 0.124 e. The van der Waals surface area contributed by atoms with Crippen molar-refractivity contribution in [1.29, 1.82) is 0 Å². The molecule has 72 valence electrons. The molecule has 0 fully saturated rings. The lowest BCUT2D eigenvalue weighted by molar-refractivity contribution is 0.105. The molecular formula is C10H13FO2. The van der Waals surface area contributed by atoms with E-state index in [9.17, 15) is 4.39 Å². The summed E-state index contributed by atoms with van der Waals surface area (Å²) in [6, 6.07) is 7.54. The molecule has 0 amide bonds. The summed E-state index contributed by atoms with van der Waals surface area (Å²) in [5, 5.41) is 0. The minimum atomic E-state index is -0.449. The van der Waals surface area contributed by atoms with Crippen LogP contribution in [0.2, 0.25) is 0 Å². The molecule has 0 aromatic heterocycles. The van der Waals surface area contributed by atoms with E-state index in [0.29, 0.717) is 6.61 Å². The molecule has 13 heavy (non-hydrogen) atoms. The first-order valence-corrected chi connectivity index (χ1v) is 4.14. The maximum absolute atomic E-state index is 11.7. The fourth-order valence-electron chi connectivity index (χ4n) is 1.06. The summed E-state index contributed by atoms with van der Waals surface area (Å²) < 4.78 is 21.9. The fraction of sp³-hybridized carbons (Fsp3) is 0.400. The molecule has 2 nitrogen and oxygen atoms in total. The Hall–Kier alpha value is -1.09. The van der Waals surface area contributed by atoms with Crippen molar-refractivity contribution in [3.8, 4) is 5.75 Å². The standard InChI is InChI=1S/C10H13FO2/c1-12-10-5-3-2-4-9(10)8-13-7-6-11/h2-5H,6-8H2,1H3. The minimum absolute atomic E-state index is 0.137. The van der Waals surface area contributed by atoms with Crippen molar-refractivity contribution in [3.05, 3.63) is 29.8 Å². The van der Waals surface area contributed by atoms with Gasteiger partial charge < -0.3 is 9.47 Å². The van der Waals surface area contributed by atoms with Gasteiger partial charge in [0, 0.05) is 5.56 Å². The van der Waals surface area contributed by atoms with Gasteiger partial charge in [-0.05, 0) is 6.07 Å². The molecule has 0 aliphatic rings. The molecular weight excluding hydrogens is 171 g/mol. The van der Waals surface area contributed by atoms with Crippen molar-refractivity contribution < 1.29 is 13.9 Å². The van der Waals surface area contributed by atoms with Gasteiger partial charge in [0.15, 0.2) is 0 Å². The number of ether oxygens (including phenoxy) is 2. The highest BCUT2D eigenvalue weighted by atomic mass is 19.1. The van der Waals surface area contributed by atoms with E-state index in [1.54, 1.807) is 7.11 Å². The molecule has 0 atom stereocenters. The third-order valence-electron chi connectivity index (χ3n) is 1.67. The van der Waals surface area contributed by atoms with Crippen LogP contribution < -0.4 is 4.74 Å². The van der Waals surface area contributed by atoms with E-state index < -0.39 is 6.67 Å². The van der Waals surface area contributed by atoms with Gasteiger partial charge >= 0.3 is 0 Å². The molecule has 1 aromatic carbocycles. The summed E-state index contributed by atoms with van der Waals surface area (Å²) in [7, 11) is 1.61. The quantitative estimate of drug-likeness (QED) is 0.653. The average molecular weight is 184 g/mol. The second-order valence-electron chi connectivity index (χ2n) is 2.55. The van der Waals surface area contributed by atoms with Gasteiger partial charge in [0.2, 0.25) is 0 Å². The number of alkyl halides is 1. The Labute approximate surface area is 77.3 Å². The molecule has 0 radical (unpaired) electrons. The average Bonchev–Trinajstić information content (AvgIpc) is 2.19. The van der Waals surface area contributed by atoms with E-state index in [1.165, 1.54) is 0 Å².